The number of carbonyl (C=O) groups is 1. The van der Waals surface area contributed by atoms with E-state index in [2.05, 4.69) is 20.7 Å². The zero-order chi connectivity index (χ0) is 19.8. The van der Waals surface area contributed by atoms with Crippen molar-refractivity contribution in [3.8, 4) is 11.4 Å². The molecule has 29 heavy (non-hydrogen) atoms. The fourth-order valence-corrected chi connectivity index (χ4v) is 3.76. The summed E-state index contributed by atoms with van der Waals surface area (Å²) < 4.78 is 1.65. The maximum atomic E-state index is 12.4. The Morgan fingerprint density at radius 2 is 2.00 bits per heavy atom. The smallest absolute Gasteiger partial charge is 0.242 e. The highest BCUT2D eigenvalue weighted by atomic mass is 35.5. The standard InChI is InChI=1S/C20H18ClN7O/c21-14-5-3-4-13-16(14)25-20(24-15-6-1-2-9-23-19(15)29)28-18(13)26-17(27-28)12-7-10-22-11-8-12/h3-5,7-8,10-11,15H,1-2,6,9H2,(H,23,29)(H,24,25)/t15-/m1/s1. The van der Waals surface area contributed by atoms with Crippen molar-refractivity contribution < 1.29 is 4.79 Å². The maximum absolute atomic E-state index is 12.4. The molecule has 0 bridgehead atoms. The molecule has 1 fully saturated rings. The van der Waals surface area contributed by atoms with E-state index in [1.165, 1.54) is 0 Å². The molecule has 1 aromatic carbocycles. The Morgan fingerprint density at radius 3 is 2.86 bits per heavy atom. The third-order valence-electron chi connectivity index (χ3n) is 5.03. The number of carbonyl (C=O) groups excluding carboxylic acids is 1. The number of fused-ring (bicyclic) bond motifs is 3. The molecule has 1 aliphatic heterocycles. The largest absolute Gasteiger partial charge is 0.354 e. The Kier molecular flexibility index (Phi) is 4.48. The number of aromatic nitrogens is 5. The lowest BCUT2D eigenvalue weighted by Gasteiger charge is -2.17. The zero-order valence-corrected chi connectivity index (χ0v) is 16.2. The van der Waals surface area contributed by atoms with Gasteiger partial charge in [-0.2, -0.15) is 4.52 Å². The van der Waals surface area contributed by atoms with Crippen LogP contribution in [0.15, 0.2) is 42.7 Å². The summed E-state index contributed by atoms with van der Waals surface area (Å²) in [6, 6.07) is 8.87. The first-order valence-corrected chi connectivity index (χ1v) is 9.88. The molecule has 3 aromatic heterocycles. The van der Waals surface area contributed by atoms with Crippen LogP contribution in [0.1, 0.15) is 19.3 Å². The van der Waals surface area contributed by atoms with E-state index in [4.69, 9.17) is 21.6 Å². The van der Waals surface area contributed by atoms with Crippen molar-refractivity contribution in [1.82, 2.24) is 29.9 Å². The van der Waals surface area contributed by atoms with Crippen LogP contribution in [0.2, 0.25) is 5.02 Å². The van der Waals surface area contributed by atoms with Gasteiger partial charge in [-0.1, -0.05) is 17.7 Å². The van der Waals surface area contributed by atoms with Crippen LogP contribution < -0.4 is 10.6 Å². The summed E-state index contributed by atoms with van der Waals surface area (Å²) in [5.41, 5.74) is 2.09. The summed E-state index contributed by atoms with van der Waals surface area (Å²) in [5, 5.41) is 12.2. The molecule has 0 spiro atoms. The van der Waals surface area contributed by atoms with Gasteiger partial charge in [0.2, 0.25) is 11.9 Å². The highest BCUT2D eigenvalue weighted by Crippen LogP contribution is 2.28. The van der Waals surface area contributed by atoms with E-state index < -0.39 is 0 Å². The number of pyridine rings is 1. The average Bonchev–Trinajstić information content (AvgIpc) is 3.10. The molecule has 4 heterocycles. The zero-order valence-electron chi connectivity index (χ0n) is 15.5. The summed E-state index contributed by atoms with van der Waals surface area (Å²) in [5.74, 6) is 0.955. The minimum atomic E-state index is -0.387. The van der Waals surface area contributed by atoms with Crippen LogP contribution in [0.5, 0.6) is 0 Å². The summed E-state index contributed by atoms with van der Waals surface area (Å²) >= 11 is 6.42. The van der Waals surface area contributed by atoms with E-state index in [1.54, 1.807) is 23.0 Å². The molecule has 2 N–H and O–H groups in total. The van der Waals surface area contributed by atoms with E-state index in [0.717, 1.165) is 30.2 Å². The van der Waals surface area contributed by atoms with Crippen LogP contribution in [0, 0.1) is 0 Å². The normalized spacial score (nSPS) is 17.3. The van der Waals surface area contributed by atoms with Gasteiger partial charge in [0, 0.05) is 29.9 Å². The predicted molar refractivity (Wildman–Crippen MR) is 111 cm³/mol. The topological polar surface area (TPSA) is 97.1 Å². The monoisotopic (exact) mass is 407 g/mol. The highest BCUT2D eigenvalue weighted by Gasteiger charge is 2.23. The van der Waals surface area contributed by atoms with Crippen molar-refractivity contribution in [3.63, 3.8) is 0 Å². The van der Waals surface area contributed by atoms with Gasteiger partial charge in [-0.15, -0.1) is 5.10 Å². The summed E-state index contributed by atoms with van der Waals surface area (Å²) in [7, 11) is 0. The van der Waals surface area contributed by atoms with Crippen molar-refractivity contribution in [2.75, 3.05) is 11.9 Å². The lowest BCUT2D eigenvalue weighted by Crippen LogP contribution is -2.38. The van der Waals surface area contributed by atoms with E-state index in [0.29, 0.717) is 34.5 Å². The number of anilines is 1. The van der Waals surface area contributed by atoms with Crippen LogP contribution >= 0.6 is 11.6 Å². The Morgan fingerprint density at radius 1 is 1.14 bits per heavy atom. The first-order chi connectivity index (χ1) is 14.2. The van der Waals surface area contributed by atoms with Crippen LogP contribution in [0.4, 0.5) is 5.95 Å². The lowest BCUT2D eigenvalue weighted by atomic mass is 10.1. The van der Waals surface area contributed by atoms with Crippen molar-refractivity contribution in [3.05, 3.63) is 47.7 Å². The molecule has 9 heteroatoms. The van der Waals surface area contributed by atoms with E-state index in [9.17, 15) is 4.79 Å². The molecular weight excluding hydrogens is 390 g/mol. The molecule has 1 amide bonds. The van der Waals surface area contributed by atoms with Gasteiger partial charge in [0.15, 0.2) is 11.5 Å². The van der Waals surface area contributed by atoms with Gasteiger partial charge in [-0.05, 0) is 43.5 Å². The lowest BCUT2D eigenvalue weighted by molar-refractivity contribution is -0.121. The molecule has 1 saturated heterocycles. The predicted octanol–water partition coefficient (Wildman–Crippen LogP) is 3.07. The minimum Gasteiger partial charge on any atom is -0.354 e. The molecule has 0 unspecified atom stereocenters. The average molecular weight is 408 g/mol. The van der Waals surface area contributed by atoms with E-state index >= 15 is 0 Å². The van der Waals surface area contributed by atoms with Gasteiger partial charge < -0.3 is 10.6 Å². The van der Waals surface area contributed by atoms with Crippen molar-refractivity contribution >= 4 is 40.0 Å². The van der Waals surface area contributed by atoms with Gasteiger partial charge in [-0.25, -0.2) is 9.97 Å². The number of para-hydroxylation sites is 1. The fourth-order valence-electron chi connectivity index (χ4n) is 3.55. The van der Waals surface area contributed by atoms with Crippen molar-refractivity contribution in [2.45, 2.75) is 25.3 Å². The first-order valence-electron chi connectivity index (χ1n) is 9.50. The second-order valence-corrected chi connectivity index (χ2v) is 7.37. The van der Waals surface area contributed by atoms with Crippen LogP contribution in [-0.2, 0) is 4.79 Å². The second kappa shape index (κ2) is 7.29. The first kappa shape index (κ1) is 17.8. The number of amides is 1. The molecule has 146 valence electrons. The molecular formula is C20H18ClN7O. The van der Waals surface area contributed by atoms with Gasteiger partial charge in [0.25, 0.3) is 0 Å². The Labute approximate surface area is 171 Å². The summed E-state index contributed by atoms with van der Waals surface area (Å²) in [6.45, 7) is 0.693. The third-order valence-corrected chi connectivity index (χ3v) is 5.34. The number of hydrogen-bond acceptors (Lipinski definition) is 6. The Hall–Kier alpha value is -3.26. The molecule has 8 nitrogen and oxygen atoms in total. The van der Waals surface area contributed by atoms with Crippen molar-refractivity contribution in [2.24, 2.45) is 0 Å². The summed E-state index contributed by atoms with van der Waals surface area (Å²) in [6.07, 6.45) is 6.04. The van der Waals surface area contributed by atoms with Gasteiger partial charge >= 0.3 is 0 Å². The molecule has 5 rings (SSSR count). The quantitative estimate of drug-likeness (QED) is 0.541. The summed E-state index contributed by atoms with van der Waals surface area (Å²) in [4.78, 5) is 25.9. The SMILES string of the molecule is O=C1NCCCC[C@H]1Nc1nc2c(Cl)cccc2c2nc(-c3ccncc3)nn12. The van der Waals surface area contributed by atoms with Crippen LogP contribution in [0.25, 0.3) is 27.9 Å². The molecule has 1 atom stereocenters. The fraction of sp³-hybridized carbons (Fsp3) is 0.250. The van der Waals surface area contributed by atoms with E-state index in [1.807, 2.05) is 24.3 Å². The minimum absolute atomic E-state index is 0.0359. The second-order valence-electron chi connectivity index (χ2n) is 6.96. The maximum Gasteiger partial charge on any atom is 0.242 e. The number of nitrogens with zero attached hydrogens (tertiary/aromatic N) is 5. The van der Waals surface area contributed by atoms with Crippen LogP contribution in [0.3, 0.4) is 0 Å². The number of rotatable bonds is 3. The number of hydrogen-bond donors (Lipinski definition) is 2. The molecule has 4 aromatic rings. The molecule has 0 radical (unpaired) electrons. The number of benzene rings is 1. The van der Waals surface area contributed by atoms with Crippen molar-refractivity contribution in [1.29, 1.82) is 0 Å². The molecule has 0 saturated carbocycles. The third kappa shape index (κ3) is 3.25. The number of nitrogens with one attached hydrogen (secondary N) is 2. The molecule has 1 aliphatic rings. The van der Waals surface area contributed by atoms with E-state index in [-0.39, 0.29) is 11.9 Å². The highest BCUT2D eigenvalue weighted by molar-refractivity contribution is 6.35. The van der Waals surface area contributed by atoms with Gasteiger partial charge in [-0.3, -0.25) is 9.78 Å². The van der Waals surface area contributed by atoms with Crippen LogP contribution in [-0.4, -0.2) is 43.1 Å². The Balaban J connectivity index is 1.69. The number of halogens is 1. The van der Waals surface area contributed by atoms with Gasteiger partial charge in [0.1, 0.15) is 6.04 Å². The Bertz CT molecular complexity index is 1210. The molecule has 0 aliphatic carbocycles. The van der Waals surface area contributed by atoms with Gasteiger partial charge in [0.05, 0.1) is 10.5 Å².